The largest absolute Gasteiger partial charge is 0.250 e. The van der Waals surface area contributed by atoms with Crippen LogP contribution in [-0.2, 0) is 0 Å². The summed E-state index contributed by atoms with van der Waals surface area (Å²) in [6.07, 6.45) is 0. The third-order valence-electron chi connectivity index (χ3n) is 0.223. The number of rotatable bonds is 1. The van der Waals surface area contributed by atoms with Gasteiger partial charge >= 0.3 is 0 Å². The van der Waals surface area contributed by atoms with E-state index in [-0.39, 0.29) is 11.9 Å². The molecule has 0 aromatic carbocycles. The fourth-order valence-electron chi connectivity index (χ4n) is 0. The lowest BCUT2D eigenvalue weighted by atomic mass is 10.5. The van der Waals surface area contributed by atoms with Gasteiger partial charge in [-0.2, -0.15) is 12.6 Å². The average molecular weight is 94.2 g/mol. The van der Waals surface area contributed by atoms with E-state index in [1.807, 2.05) is 0 Å². The van der Waals surface area contributed by atoms with Crippen molar-refractivity contribution in [1.29, 1.82) is 0 Å². The summed E-state index contributed by atoms with van der Waals surface area (Å²) in [6, 6.07) is 0. The van der Waals surface area contributed by atoms with E-state index in [0.717, 1.165) is 0 Å². The number of halogens is 1. The molecule has 0 aromatic heterocycles. The molecule has 0 aromatic rings. The highest BCUT2D eigenvalue weighted by atomic mass is 32.1. The summed E-state index contributed by atoms with van der Waals surface area (Å²) in [5, 5.41) is -0.0880. The van der Waals surface area contributed by atoms with Gasteiger partial charge in [-0.3, -0.25) is 0 Å². The molecule has 0 saturated heterocycles. The van der Waals surface area contributed by atoms with Crippen LogP contribution < -0.4 is 0 Å². The standard InChI is InChI=1S/C3H7FS/c1-3(5)2-4/h3,5H,2H2,1H3. The van der Waals surface area contributed by atoms with Gasteiger partial charge in [0.25, 0.3) is 0 Å². The quantitative estimate of drug-likeness (QED) is 0.465. The maximum atomic E-state index is 11.0. The second kappa shape index (κ2) is 2.51. The number of thiol groups is 1. The minimum atomic E-state index is -0.330. The lowest BCUT2D eigenvalue weighted by Crippen LogP contribution is -1.89. The second-order valence-electron chi connectivity index (χ2n) is 1.00. The van der Waals surface area contributed by atoms with Gasteiger partial charge < -0.3 is 0 Å². The maximum Gasteiger partial charge on any atom is 0.101 e. The molecule has 0 bridgehead atoms. The van der Waals surface area contributed by atoms with E-state index in [4.69, 9.17) is 0 Å². The Morgan fingerprint density at radius 2 is 2.20 bits per heavy atom. The van der Waals surface area contributed by atoms with E-state index >= 15 is 0 Å². The van der Waals surface area contributed by atoms with Crippen LogP contribution in [0.5, 0.6) is 0 Å². The third kappa shape index (κ3) is 4.28. The molecule has 0 saturated carbocycles. The van der Waals surface area contributed by atoms with E-state index in [2.05, 4.69) is 12.6 Å². The molecule has 0 aliphatic heterocycles. The first-order chi connectivity index (χ1) is 2.27. The molecule has 0 heterocycles. The van der Waals surface area contributed by atoms with Gasteiger partial charge in [0.2, 0.25) is 0 Å². The highest BCUT2D eigenvalue weighted by Crippen LogP contribution is 1.89. The van der Waals surface area contributed by atoms with Gasteiger partial charge in [-0.05, 0) is 0 Å². The second-order valence-corrected chi connectivity index (χ2v) is 1.88. The third-order valence-corrected chi connectivity index (χ3v) is 0.361. The summed E-state index contributed by atoms with van der Waals surface area (Å²) in [7, 11) is 0. The molecule has 0 aliphatic carbocycles. The summed E-state index contributed by atoms with van der Waals surface area (Å²) in [4.78, 5) is 0. The molecule has 0 radical (unpaired) electrons. The number of hydrogen-bond acceptors (Lipinski definition) is 1. The first-order valence-corrected chi connectivity index (χ1v) is 2.03. The highest BCUT2D eigenvalue weighted by molar-refractivity contribution is 7.80. The summed E-state index contributed by atoms with van der Waals surface area (Å²) in [6.45, 7) is 1.38. The fraction of sp³-hybridized carbons (Fsp3) is 1.00. The van der Waals surface area contributed by atoms with Crippen LogP contribution in [0.3, 0.4) is 0 Å². The molecule has 2 heteroatoms. The Morgan fingerprint density at radius 3 is 2.20 bits per heavy atom. The molecule has 0 nitrogen and oxygen atoms in total. The van der Waals surface area contributed by atoms with Crippen LogP contribution in [0, 0.1) is 0 Å². The molecule has 0 amide bonds. The summed E-state index contributed by atoms with van der Waals surface area (Å²) in [5.41, 5.74) is 0. The average Bonchev–Trinajstić information content (AvgIpc) is 1.38. The van der Waals surface area contributed by atoms with Crippen LogP contribution in [0.2, 0.25) is 0 Å². The summed E-state index contributed by atoms with van der Waals surface area (Å²) in [5.74, 6) is 0. The van der Waals surface area contributed by atoms with E-state index in [0.29, 0.717) is 0 Å². The van der Waals surface area contributed by atoms with E-state index < -0.39 is 0 Å². The summed E-state index contributed by atoms with van der Waals surface area (Å²) < 4.78 is 11.0. The van der Waals surface area contributed by atoms with Crippen molar-refractivity contribution in [2.45, 2.75) is 12.2 Å². The Bertz CT molecular complexity index is 20.9. The normalized spacial score (nSPS) is 15.0. The minimum absolute atomic E-state index is 0.0880. The van der Waals surface area contributed by atoms with Crippen molar-refractivity contribution >= 4 is 12.6 Å². The molecule has 5 heavy (non-hydrogen) atoms. The van der Waals surface area contributed by atoms with Crippen molar-refractivity contribution in [1.82, 2.24) is 0 Å². The molecule has 0 N–H and O–H groups in total. The van der Waals surface area contributed by atoms with Crippen molar-refractivity contribution in [2.75, 3.05) is 6.67 Å². The monoisotopic (exact) mass is 94.0 g/mol. The number of alkyl halides is 1. The van der Waals surface area contributed by atoms with Crippen LogP contribution in [0.1, 0.15) is 6.92 Å². The molecule has 32 valence electrons. The first kappa shape index (κ1) is 5.28. The molecule has 0 fully saturated rings. The van der Waals surface area contributed by atoms with Crippen LogP contribution in [-0.4, -0.2) is 11.9 Å². The molecule has 0 aliphatic rings. The van der Waals surface area contributed by atoms with Crippen molar-refractivity contribution in [3.8, 4) is 0 Å². The van der Waals surface area contributed by atoms with Gasteiger partial charge in [0, 0.05) is 5.25 Å². The Hall–Kier alpha value is 0.280. The Kier molecular flexibility index (Phi) is 2.65. The van der Waals surface area contributed by atoms with Gasteiger partial charge in [-0.1, -0.05) is 6.92 Å². The van der Waals surface area contributed by atoms with Crippen LogP contribution in [0.15, 0.2) is 0 Å². The molecule has 0 rings (SSSR count). The van der Waals surface area contributed by atoms with Crippen LogP contribution >= 0.6 is 12.6 Å². The zero-order chi connectivity index (χ0) is 4.28. The smallest absolute Gasteiger partial charge is 0.101 e. The minimum Gasteiger partial charge on any atom is -0.250 e. The Morgan fingerprint density at radius 1 is 2.00 bits per heavy atom. The maximum absolute atomic E-state index is 11.0. The predicted octanol–water partition coefficient (Wildman–Crippen LogP) is 1.27. The van der Waals surface area contributed by atoms with Gasteiger partial charge in [-0.25, -0.2) is 4.39 Å². The van der Waals surface area contributed by atoms with E-state index in [1.54, 1.807) is 6.92 Å². The van der Waals surface area contributed by atoms with Gasteiger partial charge in [0.1, 0.15) is 6.67 Å². The van der Waals surface area contributed by atoms with Gasteiger partial charge in [0.05, 0.1) is 0 Å². The molecule has 0 spiro atoms. The van der Waals surface area contributed by atoms with Crippen molar-refractivity contribution in [3.63, 3.8) is 0 Å². The highest BCUT2D eigenvalue weighted by Gasteiger charge is 1.84. The lowest BCUT2D eigenvalue weighted by Gasteiger charge is -1.86. The van der Waals surface area contributed by atoms with E-state index in [9.17, 15) is 4.39 Å². The lowest BCUT2D eigenvalue weighted by molar-refractivity contribution is 0.496. The SMILES string of the molecule is CC(S)CF. The zero-order valence-corrected chi connectivity index (χ0v) is 4.00. The molecular formula is C3H7FS. The molecule has 1 unspecified atom stereocenters. The van der Waals surface area contributed by atoms with Gasteiger partial charge in [0.15, 0.2) is 0 Å². The molecular weight excluding hydrogens is 87.1 g/mol. The number of hydrogen-bond donors (Lipinski definition) is 1. The zero-order valence-electron chi connectivity index (χ0n) is 3.11. The summed E-state index contributed by atoms with van der Waals surface area (Å²) >= 11 is 3.72. The van der Waals surface area contributed by atoms with Crippen LogP contribution in [0.25, 0.3) is 0 Å². The van der Waals surface area contributed by atoms with Crippen LogP contribution in [0.4, 0.5) is 4.39 Å². The predicted molar refractivity (Wildman–Crippen MR) is 24.4 cm³/mol. The van der Waals surface area contributed by atoms with E-state index in [1.165, 1.54) is 0 Å². The first-order valence-electron chi connectivity index (χ1n) is 1.51. The topological polar surface area (TPSA) is 0 Å². The Labute approximate surface area is 36.8 Å². The van der Waals surface area contributed by atoms with Crippen molar-refractivity contribution < 1.29 is 4.39 Å². The molecule has 1 atom stereocenters. The van der Waals surface area contributed by atoms with Crippen molar-refractivity contribution in [3.05, 3.63) is 0 Å². The van der Waals surface area contributed by atoms with Crippen molar-refractivity contribution in [2.24, 2.45) is 0 Å². The van der Waals surface area contributed by atoms with Gasteiger partial charge in [-0.15, -0.1) is 0 Å². The fourth-order valence-corrected chi connectivity index (χ4v) is 0. The Balaban J connectivity index is 2.54.